The number of benzene rings is 1. The van der Waals surface area contributed by atoms with E-state index < -0.39 is 11.5 Å². The average molecular weight is 293 g/mol. The van der Waals surface area contributed by atoms with Gasteiger partial charge in [0.25, 0.3) is 0 Å². The summed E-state index contributed by atoms with van der Waals surface area (Å²) in [5.41, 5.74) is 0.247. The summed E-state index contributed by atoms with van der Waals surface area (Å²) in [6.07, 6.45) is 0.217. The number of hydrogen-bond acceptors (Lipinski definition) is 3. The van der Waals surface area contributed by atoms with E-state index in [1.165, 1.54) is 5.56 Å². The highest BCUT2D eigenvalue weighted by molar-refractivity contribution is 5.78. The Morgan fingerprint density at radius 1 is 1.38 bits per heavy atom. The standard InChI is InChI=1S/C17H27NO3/c1-6-18-17(5,16(19)20)11-13(4)21-15-9-7-8-14(10-15)12(2)3/h7-10,12-13,18H,6,11H2,1-5H3,(H,19,20). The van der Waals surface area contributed by atoms with Crippen molar-refractivity contribution in [1.29, 1.82) is 0 Å². The van der Waals surface area contributed by atoms with Crippen LogP contribution in [0.2, 0.25) is 0 Å². The highest BCUT2D eigenvalue weighted by atomic mass is 16.5. The molecule has 0 aliphatic heterocycles. The van der Waals surface area contributed by atoms with Crippen molar-refractivity contribution in [2.45, 2.75) is 58.6 Å². The Labute approximate surface area is 127 Å². The molecular weight excluding hydrogens is 266 g/mol. The first-order valence-electron chi connectivity index (χ1n) is 7.53. The fourth-order valence-corrected chi connectivity index (χ4v) is 2.42. The Balaban J connectivity index is 2.74. The van der Waals surface area contributed by atoms with E-state index in [2.05, 4.69) is 25.2 Å². The first kappa shape index (κ1) is 17.5. The van der Waals surface area contributed by atoms with E-state index in [9.17, 15) is 9.90 Å². The maximum atomic E-state index is 11.4. The number of carboxylic acid groups (broad SMARTS) is 1. The van der Waals surface area contributed by atoms with E-state index in [1.54, 1.807) is 6.92 Å². The third-order valence-corrected chi connectivity index (χ3v) is 3.60. The van der Waals surface area contributed by atoms with Crippen molar-refractivity contribution in [2.24, 2.45) is 0 Å². The van der Waals surface area contributed by atoms with Crippen molar-refractivity contribution in [1.82, 2.24) is 5.32 Å². The molecule has 0 aliphatic rings. The maximum absolute atomic E-state index is 11.4. The molecule has 2 unspecified atom stereocenters. The maximum Gasteiger partial charge on any atom is 0.323 e. The average Bonchev–Trinajstić information content (AvgIpc) is 2.38. The summed E-state index contributed by atoms with van der Waals surface area (Å²) in [6.45, 7) is 10.4. The molecule has 0 heterocycles. The molecule has 0 amide bonds. The summed E-state index contributed by atoms with van der Waals surface area (Å²) in [4.78, 5) is 11.4. The van der Waals surface area contributed by atoms with Crippen LogP contribution in [0.4, 0.5) is 0 Å². The molecule has 2 atom stereocenters. The van der Waals surface area contributed by atoms with Crippen LogP contribution < -0.4 is 10.1 Å². The minimum absolute atomic E-state index is 0.187. The van der Waals surface area contributed by atoms with Crippen LogP contribution in [-0.4, -0.2) is 29.3 Å². The lowest BCUT2D eigenvalue weighted by atomic mass is 9.94. The van der Waals surface area contributed by atoms with Crippen LogP contribution in [-0.2, 0) is 4.79 Å². The highest BCUT2D eigenvalue weighted by Crippen LogP contribution is 2.23. The zero-order chi connectivity index (χ0) is 16.0. The van der Waals surface area contributed by atoms with E-state index in [4.69, 9.17) is 4.74 Å². The van der Waals surface area contributed by atoms with Gasteiger partial charge in [-0.15, -0.1) is 0 Å². The van der Waals surface area contributed by atoms with Gasteiger partial charge in [0.05, 0.1) is 6.10 Å². The number of carbonyl (C=O) groups is 1. The van der Waals surface area contributed by atoms with Gasteiger partial charge in [0.15, 0.2) is 0 Å². The lowest BCUT2D eigenvalue weighted by molar-refractivity contribution is -0.145. The Bertz CT molecular complexity index is 473. The van der Waals surface area contributed by atoms with Gasteiger partial charge in [-0.2, -0.15) is 0 Å². The van der Waals surface area contributed by atoms with E-state index in [-0.39, 0.29) is 6.10 Å². The molecule has 4 nitrogen and oxygen atoms in total. The number of carboxylic acids is 1. The van der Waals surface area contributed by atoms with Gasteiger partial charge in [-0.05, 0) is 44.0 Å². The number of ether oxygens (including phenoxy) is 1. The second-order valence-electron chi connectivity index (χ2n) is 6.03. The zero-order valence-electron chi connectivity index (χ0n) is 13.6. The second kappa shape index (κ2) is 7.46. The van der Waals surface area contributed by atoms with E-state index in [1.807, 2.05) is 32.0 Å². The Kier molecular flexibility index (Phi) is 6.21. The molecule has 0 spiro atoms. The van der Waals surface area contributed by atoms with Crippen LogP contribution in [0, 0.1) is 0 Å². The third-order valence-electron chi connectivity index (χ3n) is 3.60. The van der Waals surface area contributed by atoms with Gasteiger partial charge >= 0.3 is 5.97 Å². The smallest absolute Gasteiger partial charge is 0.323 e. The summed E-state index contributed by atoms with van der Waals surface area (Å²) in [5, 5.41) is 12.4. The summed E-state index contributed by atoms with van der Waals surface area (Å²) >= 11 is 0. The van der Waals surface area contributed by atoms with Crippen LogP contribution >= 0.6 is 0 Å². The quantitative estimate of drug-likeness (QED) is 0.771. The molecule has 21 heavy (non-hydrogen) atoms. The first-order chi connectivity index (χ1) is 9.78. The first-order valence-corrected chi connectivity index (χ1v) is 7.53. The normalized spacial score (nSPS) is 15.5. The van der Waals surface area contributed by atoms with Crippen LogP contribution in [0.3, 0.4) is 0 Å². The fraction of sp³-hybridized carbons (Fsp3) is 0.588. The SMILES string of the molecule is CCNC(C)(CC(C)Oc1cccc(C(C)C)c1)C(=O)O. The lowest BCUT2D eigenvalue weighted by Gasteiger charge is -2.29. The van der Waals surface area contributed by atoms with Crippen molar-refractivity contribution < 1.29 is 14.6 Å². The molecule has 0 aromatic heterocycles. The number of aliphatic carboxylic acids is 1. The van der Waals surface area contributed by atoms with E-state index >= 15 is 0 Å². The summed E-state index contributed by atoms with van der Waals surface area (Å²) in [5.74, 6) is 0.378. The largest absolute Gasteiger partial charge is 0.491 e. The van der Waals surface area contributed by atoms with Gasteiger partial charge in [-0.3, -0.25) is 4.79 Å². The molecule has 4 heteroatoms. The van der Waals surface area contributed by atoms with Gasteiger partial charge in [0.1, 0.15) is 11.3 Å². The molecule has 0 saturated carbocycles. The second-order valence-corrected chi connectivity index (χ2v) is 6.03. The van der Waals surface area contributed by atoms with Crippen molar-refractivity contribution >= 4 is 5.97 Å². The topological polar surface area (TPSA) is 58.6 Å². The van der Waals surface area contributed by atoms with E-state index in [0.717, 1.165) is 5.75 Å². The number of rotatable bonds is 8. The molecule has 1 aromatic rings. The van der Waals surface area contributed by atoms with Gasteiger partial charge in [-0.25, -0.2) is 0 Å². The molecular formula is C17H27NO3. The molecule has 2 N–H and O–H groups in total. The molecule has 0 fully saturated rings. The van der Waals surface area contributed by atoms with Gasteiger partial charge in [0, 0.05) is 6.42 Å². The van der Waals surface area contributed by atoms with Crippen molar-refractivity contribution in [3.05, 3.63) is 29.8 Å². The molecule has 0 saturated heterocycles. The van der Waals surface area contributed by atoms with Crippen LogP contribution in [0.15, 0.2) is 24.3 Å². The molecule has 0 aliphatic carbocycles. The van der Waals surface area contributed by atoms with Crippen molar-refractivity contribution in [3.63, 3.8) is 0 Å². The van der Waals surface area contributed by atoms with Crippen molar-refractivity contribution in [2.75, 3.05) is 6.54 Å². The minimum Gasteiger partial charge on any atom is -0.491 e. The van der Waals surface area contributed by atoms with Crippen LogP contribution in [0.5, 0.6) is 5.75 Å². The molecule has 0 radical (unpaired) electrons. The number of likely N-dealkylation sites (N-methyl/N-ethyl adjacent to an activating group) is 1. The molecule has 0 bridgehead atoms. The summed E-state index contributed by atoms with van der Waals surface area (Å²) in [6, 6.07) is 7.97. The molecule has 118 valence electrons. The Morgan fingerprint density at radius 2 is 2.05 bits per heavy atom. The third kappa shape index (κ3) is 5.05. The van der Waals surface area contributed by atoms with Crippen LogP contribution in [0.1, 0.15) is 52.5 Å². The summed E-state index contributed by atoms with van der Waals surface area (Å²) < 4.78 is 5.89. The minimum atomic E-state index is -0.968. The molecule has 1 rings (SSSR count). The zero-order valence-corrected chi connectivity index (χ0v) is 13.6. The molecule has 1 aromatic carbocycles. The van der Waals surface area contributed by atoms with Gasteiger partial charge in [-0.1, -0.05) is 32.9 Å². The van der Waals surface area contributed by atoms with Gasteiger partial charge in [0.2, 0.25) is 0 Å². The predicted molar refractivity (Wildman–Crippen MR) is 85.0 cm³/mol. The number of hydrogen-bond donors (Lipinski definition) is 2. The van der Waals surface area contributed by atoms with Crippen molar-refractivity contribution in [3.8, 4) is 5.75 Å². The van der Waals surface area contributed by atoms with Crippen LogP contribution in [0.25, 0.3) is 0 Å². The van der Waals surface area contributed by atoms with E-state index in [0.29, 0.717) is 18.9 Å². The highest BCUT2D eigenvalue weighted by Gasteiger charge is 2.34. The number of nitrogens with one attached hydrogen (secondary N) is 1. The summed E-state index contributed by atoms with van der Waals surface area (Å²) in [7, 11) is 0. The fourth-order valence-electron chi connectivity index (χ4n) is 2.42. The Hall–Kier alpha value is -1.55. The monoisotopic (exact) mass is 293 g/mol. The lowest BCUT2D eigenvalue weighted by Crippen LogP contribution is -2.51. The predicted octanol–water partition coefficient (Wildman–Crippen LogP) is 3.42. The Morgan fingerprint density at radius 3 is 2.57 bits per heavy atom. The van der Waals surface area contributed by atoms with Gasteiger partial charge < -0.3 is 15.2 Å².